The average Bonchev–Trinajstić information content (AvgIpc) is 2.58. The molecule has 2 N–H and O–H groups in total. The topological polar surface area (TPSA) is 73.6 Å². The molecule has 0 saturated heterocycles. The van der Waals surface area contributed by atoms with Gasteiger partial charge in [-0.25, -0.2) is 14.4 Å². The van der Waals surface area contributed by atoms with Gasteiger partial charge < -0.3 is 10.6 Å². The molecule has 2 aromatic carbocycles. The van der Waals surface area contributed by atoms with Crippen molar-refractivity contribution in [2.45, 2.75) is 0 Å². The fourth-order valence-corrected chi connectivity index (χ4v) is 1.95. The molecule has 0 radical (unpaired) electrons. The van der Waals surface area contributed by atoms with Crippen LogP contribution in [0, 0.1) is 17.1 Å². The van der Waals surface area contributed by atoms with E-state index in [4.69, 9.17) is 5.26 Å². The van der Waals surface area contributed by atoms with E-state index in [1.807, 2.05) is 0 Å². The molecule has 5 nitrogen and oxygen atoms in total. The number of anilines is 4. The quantitative estimate of drug-likeness (QED) is 0.763. The van der Waals surface area contributed by atoms with Crippen molar-refractivity contribution in [3.05, 3.63) is 72.3 Å². The Hall–Kier alpha value is -3.46. The summed E-state index contributed by atoms with van der Waals surface area (Å²) in [5.41, 5.74) is 2.14. The summed E-state index contributed by atoms with van der Waals surface area (Å²) in [6.45, 7) is 0. The highest BCUT2D eigenvalue weighted by Crippen LogP contribution is 2.19. The fourth-order valence-electron chi connectivity index (χ4n) is 1.95. The van der Waals surface area contributed by atoms with E-state index in [9.17, 15) is 4.39 Å². The summed E-state index contributed by atoms with van der Waals surface area (Å²) in [7, 11) is 0. The van der Waals surface area contributed by atoms with Gasteiger partial charge >= 0.3 is 0 Å². The van der Waals surface area contributed by atoms with Gasteiger partial charge in [0, 0.05) is 17.4 Å². The summed E-state index contributed by atoms with van der Waals surface area (Å²) in [6.07, 6.45) is 1.43. The molecule has 0 aliphatic heterocycles. The zero-order chi connectivity index (χ0) is 16.1. The average molecular weight is 305 g/mol. The van der Waals surface area contributed by atoms with E-state index >= 15 is 0 Å². The van der Waals surface area contributed by atoms with Crippen molar-refractivity contribution in [1.82, 2.24) is 9.97 Å². The number of benzene rings is 2. The number of nitriles is 1. The molecule has 0 amide bonds. The minimum Gasteiger partial charge on any atom is -0.340 e. The number of rotatable bonds is 4. The van der Waals surface area contributed by atoms with Crippen LogP contribution in [-0.4, -0.2) is 9.97 Å². The van der Waals surface area contributed by atoms with Gasteiger partial charge in [0.1, 0.15) is 23.8 Å². The Balaban J connectivity index is 1.74. The van der Waals surface area contributed by atoms with Crippen molar-refractivity contribution >= 4 is 23.0 Å². The summed E-state index contributed by atoms with van der Waals surface area (Å²) in [4.78, 5) is 8.27. The molecule has 3 rings (SSSR count). The van der Waals surface area contributed by atoms with Crippen LogP contribution >= 0.6 is 0 Å². The lowest BCUT2D eigenvalue weighted by molar-refractivity contribution is 0.628. The van der Waals surface area contributed by atoms with Gasteiger partial charge in [-0.2, -0.15) is 5.26 Å². The van der Waals surface area contributed by atoms with Crippen LogP contribution in [0.15, 0.2) is 60.9 Å². The second kappa shape index (κ2) is 6.54. The summed E-state index contributed by atoms with van der Waals surface area (Å²) >= 11 is 0. The van der Waals surface area contributed by atoms with Crippen molar-refractivity contribution in [2.75, 3.05) is 10.6 Å². The third kappa shape index (κ3) is 3.80. The summed E-state index contributed by atoms with van der Waals surface area (Å²) < 4.78 is 12.9. The Morgan fingerprint density at radius 3 is 1.87 bits per heavy atom. The van der Waals surface area contributed by atoms with Crippen molar-refractivity contribution < 1.29 is 4.39 Å². The van der Waals surface area contributed by atoms with Crippen molar-refractivity contribution in [3.63, 3.8) is 0 Å². The van der Waals surface area contributed by atoms with Crippen LogP contribution < -0.4 is 10.6 Å². The van der Waals surface area contributed by atoms with Crippen LogP contribution in [-0.2, 0) is 0 Å². The smallest absolute Gasteiger partial charge is 0.135 e. The van der Waals surface area contributed by atoms with Gasteiger partial charge in [-0.3, -0.25) is 0 Å². The minimum absolute atomic E-state index is 0.290. The Bertz CT molecular complexity index is 838. The maximum atomic E-state index is 12.9. The highest BCUT2D eigenvalue weighted by Gasteiger charge is 2.01. The molecule has 0 aliphatic rings. The van der Waals surface area contributed by atoms with E-state index in [1.54, 1.807) is 42.5 Å². The lowest BCUT2D eigenvalue weighted by Crippen LogP contribution is -1.98. The molecule has 0 aliphatic carbocycles. The van der Waals surface area contributed by atoms with Crippen molar-refractivity contribution in [2.24, 2.45) is 0 Å². The monoisotopic (exact) mass is 305 g/mol. The van der Waals surface area contributed by atoms with Gasteiger partial charge in [-0.15, -0.1) is 0 Å². The molecular weight excluding hydrogens is 293 g/mol. The zero-order valence-corrected chi connectivity index (χ0v) is 12.0. The normalized spacial score (nSPS) is 9.91. The van der Waals surface area contributed by atoms with E-state index < -0.39 is 0 Å². The molecule has 6 heteroatoms. The lowest BCUT2D eigenvalue weighted by atomic mass is 10.2. The van der Waals surface area contributed by atoms with Gasteiger partial charge in [-0.1, -0.05) is 0 Å². The summed E-state index contributed by atoms with van der Waals surface area (Å²) in [5, 5.41) is 15.0. The van der Waals surface area contributed by atoms with Crippen LogP contribution in [0.2, 0.25) is 0 Å². The highest BCUT2D eigenvalue weighted by molar-refractivity contribution is 5.63. The number of aromatic nitrogens is 2. The number of hydrogen-bond donors (Lipinski definition) is 2. The van der Waals surface area contributed by atoms with Crippen LogP contribution in [0.3, 0.4) is 0 Å². The Labute approximate surface area is 132 Å². The molecule has 23 heavy (non-hydrogen) atoms. The van der Waals surface area contributed by atoms with E-state index in [2.05, 4.69) is 26.7 Å². The first-order chi connectivity index (χ1) is 11.2. The fraction of sp³-hybridized carbons (Fsp3) is 0. The Morgan fingerprint density at radius 2 is 1.35 bits per heavy atom. The van der Waals surface area contributed by atoms with Gasteiger partial charge in [-0.05, 0) is 48.5 Å². The van der Waals surface area contributed by atoms with Crippen LogP contribution in [0.5, 0.6) is 0 Å². The second-order valence-electron chi connectivity index (χ2n) is 4.73. The molecule has 1 heterocycles. The zero-order valence-electron chi connectivity index (χ0n) is 12.0. The number of nitrogens with zero attached hydrogens (tertiary/aromatic N) is 3. The third-order valence-corrected chi connectivity index (χ3v) is 3.07. The molecule has 0 unspecified atom stereocenters. The minimum atomic E-state index is -0.290. The maximum Gasteiger partial charge on any atom is 0.135 e. The molecule has 1 aromatic heterocycles. The third-order valence-electron chi connectivity index (χ3n) is 3.07. The van der Waals surface area contributed by atoms with Crippen molar-refractivity contribution in [1.29, 1.82) is 5.26 Å². The molecule has 0 saturated carbocycles. The van der Waals surface area contributed by atoms with E-state index in [0.29, 0.717) is 17.2 Å². The van der Waals surface area contributed by atoms with Crippen LogP contribution in [0.25, 0.3) is 0 Å². The molecule has 0 spiro atoms. The predicted molar refractivity (Wildman–Crippen MR) is 86.2 cm³/mol. The SMILES string of the molecule is N#Cc1ccc(Nc2cc(Nc3ccc(F)cc3)ncn2)cc1. The number of halogens is 1. The van der Waals surface area contributed by atoms with E-state index in [0.717, 1.165) is 11.4 Å². The standard InChI is InChI=1S/C17H12FN5/c18-13-3-7-15(8-4-13)23-17-9-16(20-11-21-17)22-14-5-1-12(10-19)2-6-14/h1-9,11H,(H2,20,21,22,23). The second-order valence-corrected chi connectivity index (χ2v) is 4.73. The highest BCUT2D eigenvalue weighted by atomic mass is 19.1. The van der Waals surface area contributed by atoms with Crippen molar-refractivity contribution in [3.8, 4) is 6.07 Å². The van der Waals surface area contributed by atoms with Gasteiger partial charge in [0.2, 0.25) is 0 Å². The molecule has 112 valence electrons. The maximum absolute atomic E-state index is 12.9. The first-order valence-electron chi connectivity index (χ1n) is 6.85. The van der Waals surface area contributed by atoms with Gasteiger partial charge in [0.25, 0.3) is 0 Å². The van der Waals surface area contributed by atoms with Gasteiger partial charge in [0.05, 0.1) is 11.6 Å². The summed E-state index contributed by atoms with van der Waals surface area (Å²) in [5.74, 6) is 0.901. The predicted octanol–water partition coefficient (Wildman–Crippen LogP) is 3.97. The van der Waals surface area contributed by atoms with E-state index in [-0.39, 0.29) is 5.82 Å². The molecular formula is C17H12FN5. The molecule has 0 atom stereocenters. The van der Waals surface area contributed by atoms with Crippen LogP contribution in [0.4, 0.5) is 27.4 Å². The number of hydrogen-bond acceptors (Lipinski definition) is 5. The van der Waals surface area contributed by atoms with E-state index in [1.165, 1.54) is 18.5 Å². The molecule has 0 bridgehead atoms. The molecule has 0 fully saturated rings. The largest absolute Gasteiger partial charge is 0.340 e. The lowest BCUT2D eigenvalue weighted by Gasteiger charge is -2.08. The first kappa shape index (κ1) is 14.5. The Kier molecular flexibility index (Phi) is 4.11. The summed E-state index contributed by atoms with van der Waals surface area (Å²) in [6, 6.07) is 16.9. The number of nitrogens with one attached hydrogen (secondary N) is 2. The van der Waals surface area contributed by atoms with Gasteiger partial charge in [0.15, 0.2) is 0 Å². The molecule has 3 aromatic rings. The first-order valence-corrected chi connectivity index (χ1v) is 6.85. The van der Waals surface area contributed by atoms with Crippen LogP contribution in [0.1, 0.15) is 5.56 Å². The Morgan fingerprint density at radius 1 is 0.826 bits per heavy atom.